The molecule has 5 atom stereocenters. The van der Waals surface area contributed by atoms with Crippen molar-refractivity contribution in [3.8, 4) is 0 Å². The summed E-state index contributed by atoms with van der Waals surface area (Å²) in [5.41, 5.74) is 0. The number of nitrogens with zero attached hydrogens (tertiary/aromatic N) is 3. The van der Waals surface area contributed by atoms with E-state index >= 15 is 0 Å². The minimum atomic E-state index is -1.81. The van der Waals surface area contributed by atoms with Crippen LogP contribution in [0.5, 0.6) is 0 Å². The summed E-state index contributed by atoms with van der Waals surface area (Å²) in [6.07, 6.45) is -7.44. The van der Waals surface area contributed by atoms with Crippen LogP contribution in [0.2, 0.25) is 0 Å². The van der Waals surface area contributed by atoms with Gasteiger partial charge in [0.1, 0.15) is 31.1 Å². The van der Waals surface area contributed by atoms with E-state index in [0.717, 1.165) is 6.20 Å². The molecule has 1 aromatic heterocycles. The third-order valence-electron chi connectivity index (χ3n) is 3.63. The van der Waals surface area contributed by atoms with Crippen molar-refractivity contribution >= 4 is 11.8 Å². The van der Waals surface area contributed by atoms with Gasteiger partial charge in [-0.25, -0.2) is 14.3 Å². The first-order chi connectivity index (χ1) is 11.2. The van der Waals surface area contributed by atoms with Gasteiger partial charge in [-0.2, -0.15) is 0 Å². The molecule has 0 saturated carbocycles. The third-order valence-corrected chi connectivity index (χ3v) is 3.63. The van der Waals surface area contributed by atoms with Crippen LogP contribution in [0, 0.1) is 17.0 Å². The highest BCUT2D eigenvalue weighted by molar-refractivity contribution is 5.73. The number of aliphatic hydroxyl groups excluding tert-OH is 3. The fraction of sp³-hybridized carbons (Fsp3) is 0.667. The van der Waals surface area contributed by atoms with Crippen molar-refractivity contribution in [2.45, 2.75) is 44.2 Å². The van der Waals surface area contributed by atoms with Gasteiger partial charge in [-0.3, -0.25) is 0 Å². The third kappa shape index (κ3) is 3.52. The van der Waals surface area contributed by atoms with Gasteiger partial charge in [-0.15, -0.1) is 0 Å². The van der Waals surface area contributed by atoms with Gasteiger partial charge in [0.05, 0.1) is 6.61 Å². The highest BCUT2D eigenvalue weighted by Gasteiger charge is 2.47. The summed E-state index contributed by atoms with van der Waals surface area (Å²) in [5, 5.41) is 48.8. The second-order valence-corrected chi connectivity index (χ2v) is 5.18. The van der Waals surface area contributed by atoms with Gasteiger partial charge in [0.2, 0.25) is 0 Å². The Labute approximate surface area is 135 Å². The Morgan fingerprint density at radius 2 is 2.08 bits per heavy atom. The number of hydrogen-bond acceptors (Lipinski definition) is 9. The Kier molecular flexibility index (Phi) is 5.46. The lowest BCUT2D eigenvalue weighted by atomic mass is 9.99. The molecule has 1 aliphatic rings. The zero-order valence-electron chi connectivity index (χ0n) is 12.6. The van der Waals surface area contributed by atoms with E-state index in [0.29, 0.717) is 5.82 Å². The molecule has 1 aromatic rings. The number of aryl methyl sites for hydroxylation is 1. The summed E-state index contributed by atoms with van der Waals surface area (Å²) in [5.74, 6) is -1.41. The van der Waals surface area contributed by atoms with E-state index in [1.165, 1.54) is 4.57 Å². The fourth-order valence-corrected chi connectivity index (χ4v) is 2.33. The van der Waals surface area contributed by atoms with Gasteiger partial charge < -0.3 is 40.0 Å². The lowest BCUT2D eigenvalue weighted by Crippen LogP contribution is -2.60. The van der Waals surface area contributed by atoms with Crippen LogP contribution in [-0.2, 0) is 20.8 Å². The first kappa shape index (κ1) is 18.2. The van der Waals surface area contributed by atoms with Gasteiger partial charge >= 0.3 is 11.8 Å². The number of aromatic nitrogens is 2. The zero-order chi connectivity index (χ0) is 18.0. The van der Waals surface area contributed by atoms with Crippen LogP contribution >= 0.6 is 0 Å². The van der Waals surface area contributed by atoms with Gasteiger partial charge in [0, 0.05) is 6.92 Å². The molecular formula is C12H17N3O9. The van der Waals surface area contributed by atoms with Crippen molar-refractivity contribution in [3.63, 3.8) is 0 Å². The van der Waals surface area contributed by atoms with Crippen molar-refractivity contribution in [1.82, 2.24) is 9.55 Å². The summed E-state index contributed by atoms with van der Waals surface area (Å²) in [7, 11) is 0. The van der Waals surface area contributed by atoms with E-state index < -0.39 is 41.6 Å². The molecule has 0 bridgehead atoms. The first-order valence-corrected chi connectivity index (χ1v) is 6.94. The number of carboxylic acids is 1. The molecule has 134 valence electrons. The number of aliphatic carboxylic acids is 1. The normalized spacial score (nSPS) is 30.2. The molecule has 4 N–H and O–H groups in total. The van der Waals surface area contributed by atoms with Gasteiger partial charge in [0.25, 0.3) is 0 Å². The molecule has 24 heavy (non-hydrogen) atoms. The largest absolute Gasteiger partial charge is 0.479 e. The number of nitro groups is 1. The van der Waals surface area contributed by atoms with Crippen molar-refractivity contribution in [1.29, 1.82) is 0 Å². The number of aliphatic hydroxyl groups is 3. The Morgan fingerprint density at radius 1 is 1.42 bits per heavy atom. The minimum Gasteiger partial charge on any atom is -0.479 e. The maximum Gasteiger partial charge on any atom is 0.342 e. The molecule has 12 heteroatoms. The summed E-state index contributed by atoms with van der Waals surface area (Å²) in [6.45, 7) is 1.36. The molecule has 0 radical (unpaired) electrons. The number of carboxylic acid groups (broad SMARTS) is 1. The number of rotatable bonds is 6. The molecule has 1 saturated heterocycles. The molecule has 0 amide bonds. The highest BCUT2D eigenvalue weighted by Crippen LogP contribution is 2.22. The number of carbonyl (C=O) groups is 1. The molecule has 0 aromatic carbocycles. The van der Waals surface area contributed by atoms with E-state index in [2.05, 4.69) is 4.98 Å². The van der Waals surface area contributed by atoms with Gasteiger partial charge in [0.15, 0.2) is 18.2 Å². The second-order valence-electron chi connectivity index (χ2n) is 5.18. The van der Waals surface area contributed by atoms with Crippen molar-refractivity contribution in [2.75, 3.05) is 6.61 Å². The van der Waals surface area contributed by atoms with Crippen molar-refractivity contribution < 1.29 is 39.6 Å². The lowest BCUT2D eigenvalue weighted by Gasteiger charge is -2.38. The van der Waals surface area contributed by atoms with Crippen LogP contribution in [0.1, 0.15) is 5.82 Å². The molecule has 2 heterocycles. The van der Waals surface area contributed by atoms with E-state index in [4.69, 9.17) is 14.6 Å². The van der Waals surface area contributed by atoms with Crippen LogP contribution in [0.15, 0.2) is 6.20 Å². The predicted molar refractivity (Wildman–Crippen MR) is 73.9 cm³/mol. The summed E-state index contributed by atoms with van der Waals surface area (Å²) < 4.78 is 11.4. The summed E-state index contributed by atoms with van der Waals surface area (Å²) >= 11 is 0. The first-order valence-electron chi connectivity index (χ1n) is 6.94. The molecule has 2 rings (SSSR count). The SMILES string of the molecule is Cc1ncc([N+](=O)[O-])n1CCO[C@H]1OC(C(=O)O)[C@H](O)C(O)C1O. The second kappa shape index (κ2) is 7.19. The van der Waals surface area contributed by atoms with Crippen LogP contribution in [0.4, 0.5) is 5.82 Å². The Hall–Kier alpha value is -2.12. The van der Waals surface area contributed by atoms with E-state index in [9.17, 15) is 30.2 Å². The zero-order valence-corrected chi connectivity index (χ0v) is 12.6. The van der Waals surface area contributed by atoms with Crippen LogP contribution in [-0.4, -0.2) is 78.2 Å². The van der Waals surface area contributed by atoms with Crippen LogP contribution in [0.25, 0.3) is 0 Å². The fourth-order valence-electron chi connectivity index (χ4n) is 2.33. The standard InChI is InChI=1S/C12H17N3O9/c1-5-13-4-6(15(21)22)14(5)2-3-23-12-9(18)7(16)8(17)10(24-12)11(19)20/h4,7-10,12,16-18H,2-3H2,1H3,(H,19,20)/t7?,8-,9?,10?,12+/m1/s1. The summed E-state index contributed by atoms with van der Waals surface area (Å²) in [6, 6.07) is 0. The molecular weight excluding hydrogens is 330 g/mol. The molecule has 12 nitrogen and oxygen atoms in total. The van der Waals surface area contributed by atoms with Gasteiger partial charge in [-0.1, -0.05) is 0 Å². The molecule has 3 unspecified atom stereocenters. The monoisotopic (exact) mass is 347 g/mol. The molecule has 0 aliphatic carbocycles. The Balaban J connectivity index is 2.00. The highest BCUT2D eigenvalue weighted by atomic mass is 16.7. The number of ether oxygens (including phenoxy) is 2. The van der Waals surface area contributed by atoms with E-state index in [-0.39, 0.29) is 19.0 Å². The van der Waals surface area contributed by atoms with Crippen LogP contribution in [0.3, 0.4) is 0 Å². The minimum absolute atomic E-state index is 0.00882. The molecule has 0 spiro atoms. The predicted octanol–water partition coefficient (Wildman–Crippen LogP) is -1.99. The van der Waals surface area contributed by atoms with Crippen molar-refractivity contribution in [3.05, 3.63) is 22.1 Å². The molecule has 1 aliphatic heterocycles. The number of hydrogen-bond donors (Lipinski definition) is 4. The Morgan fingerprint density at radius 3 is 2.67 bits per heavy atom. The van der Waals surface area contributed by atoms with E-state index in [1.807, 2.05) is 0 Å². The van der Waals surface area contributed by atoms with E-state index in [1.54, 1.807) is 6.92 Å². The van der Waals surface area contributed by atoms with Crippen LogP contribution < -0.4 is 0 Å². The average Bonchev–Trinajstić information content (AvgIpc) is 2.88. The van der Waals surface area contributed by atoms with Crippen molar-refractivity contribution in [2.24, 2.45) is 0 Å². The maximum atomic E-state index is 11.0. The smallest absolute Gasteiger partial charge is 0.342 e. The Bertz CT molecular complexity index is 619. The molecule has 1 fully saturated rings. The lowest BCUT2D eigenvalue weighted by molar-refractivity contribution is -0.392. The number of imidazole rings is 1. The quantitative estimate of drug-likeness (QED) is 0.332. The maximum absolute atomic E-state index is 11.0. The summed E-state index contributed by atoms with van der Waals surface area (Å²) in [4.78, 5) is 25.0. The average molecular weight is 347 g/mol. The topological polar surface area (TPSA) is 177 Å². The van der Waals surface area contributed by atoms with Gasteiger partial charge in [-0.05, 0) is 4.92 Å².